The number of hydrogen-bond donors (Lipinski definition) is 3. The molecule has 5 nitrogen and oxygen atoms in total. The Labute approximate surface area is 122 Å². The summed E-state index contributed by atoms with van der Waals surface area (Å²) in [5.41, 5.74) is 6.95. The van der Waals surface area contributed by atoms with Gasteiger partial charge in [0.1, 0.15) is 0 Å². The maximum atomic E-state index is 12.1. The standard InChI is InChI=1S/C14H20N4OS/c1-2-3-5-10(9-15)16-14(19)12-8-11(17-18-12)13-6-4-7-20-13/h4,6-8,10H,2-3,5,9,15H2,1H3,(H,16,19)(H,17,18). The minimum Gasteiger partial charge on any atom is -0.347 e. The molecule has 0 spiro atoms. The van der Waals surface area contributed by atoms with E-state index >= 15 is 0 Å². The first kappa shape index (κ1) is 14.7. The molecule has 1 unspecified atom stereocenters. The molecule has 0 aromatic carbocycles. The van der Waals surface area contributed by atoms with Gasteiger partial charge in [0.15, 0.2) is 5.69 Å². The van der Waals surface area contributed by atoms with Crippen LogP contribution in [-0.2, 0) is 0 Å². The van der Waals surface area contributed by atoms with Gasteiger partial charge in [-0.3, -0.25) is 9.89 Å². The summed E-state index contributed by atoms with van der Waals surface area (Å²) >= 11 is 1.61. The summed E-state index contributed by atoms with van der Waals surface area (Å²) in [5.74, 6) is -0.171. The summed E-state index contributed by atoms with van der Waals surface area (Å²) in [6.45, 7) is 2.57. The van der Waals surface area contributed by atoms with Crippen molar-refractivity contribution in [3.8, 4) is 10.6 Å². The van der Waals surface area contributed by atoms with Crippen LogP contribution in [0, 0.1) is 0 Å². The smallest absolute Gasteiger partial charge is 0.272 e. The van der Waals surface area contributed by atoms with E-state index in [1.165, 1.54) is 0 Å². The van der Waals surface area contributed by atoms with Crippen LogP contribution in [0.3, 0.4) is 0 Å². The largest absolute Gasteiger partial charge is 0.347 e. The van der Waals surface area contributed by atoms with Crippen molar-refractivity contribution in [1.29, 1.82) is 0 Å². The van der Waals surface area contributed by atoms with Gasteiger partial charge in [0, 0.05) is 12.6 Å². The minimum atomic E-state index is -0.171. The molecule has 108 valence electrons. The number of H-pyrrole nitrogens is 1. The van der Waals surface area contributed by atoms with Crippen molar-refractivity contribution in [2.75, 3.05) is 6.54 Å². The van der Waals surface area contributed by atoms with Crippen LogP contribution in [0.5, 0.6) is 0 Å². The average molecular weight is 292 g/mol. The Hall–Kier alpha value is -1.66. The average Bonchev–Trinajstić information content (AvgIpc) is 3.12. The normalized spacial score (nSPS) is 12.3. The van der Waals surface area contributed by atoms with Crippen molar-refractivity contribution in [3.05, 3.63) is 29.3 Å². The second-order valence-electron chi connectivity index (χ2n) is 4.69. The fraction of sp³-hybridized carbons (Fsp3) is 0.429. The molecule has 0 saturated heterocycles. The molecule has 1 amide bonds. The lowest BCUT2D eigenvalue weighted by Gasteiger charge is -2.15. The molecule has 2 heterocycles. The number of hydrogen-bond acceptors (Lipinski definition) is 4. The molecule has 1 atom stereocenters. The van der Waals surface area contributed by atoms with Crippen LogP contribution in [0.25, 0.3) is 10.6 Å². The number of rotatable bonds is 7. The van der Waals surface area contributed by atoms with E-state index in [9.17, 15) is 4.79 Å². The van der Waals surface area contributed by atoms with Crippen molar-refractivity contribution in [1.82, 2.24) is 15.5 Å². The lowest BCUT2D eigenvalue weighted by atomic mass is 10.1. The van der Waals surface area contributed by atoms with Crippen LogP contribution in [-0.4, -0.2) is 28.7 Å². The highest BCUT2D eigenvalue weighted by Gasteiger charge is 2.15. The third-order valence-corrected chi connectivity index (χ3v) is 4.03. The highest BCUT2D eigenvalue weighted by atomic mass is 32.1. The number of thiophene rings is 1. The zero-order chi connectivity index (χ0) is 14.4. The second-order valence-corrected chi connectivity index (χ2v) is 5.64. The van der Waals surface area contributed by atoms with Gasteiger partial charge in [-0.1, -0.05) is 25.8 Å². The monoisotopic (exact) mass is 292 g/mol. The van der Waals surface area contributed by atoms with Gasteiger partial charge in [-0.05, 0) is 23.9 Å². The van der Waals surface area contributed by atoms with Crippen LogP contribution in [0.15, 0.2) is 23.6 Å². The molecule has 6 heteroatoms. The number of nitrogens with zero attached hydrogens (tertiary/aromatic N) is 1. The number of nitrogens with one attached hydrogen (secondary N) is 2. The van der Waals surface area contributed by atoms with E-state index in [1.807, 2.05) is 17.5 Å². The number of carbonyl (C=O) groups is 1. The van der Waals surface area contributed by atoms with Crippen molar-refractivity contribution in [2.45, 2.75) is 32.2 Å². The molecular formula is C14H20N4OS. The second kappa shape index (κ2) is 7.21. The third-order valence-electron chi connectivity index (χ3n) is 3.12. The van der Waals surface area contributed by atoms with Crippen molar-refractivity contribution in [2.24, 2.45) is 5.73 Å². The first-order valence-corrected chi connectivity index (χ1v) is 7.72. The molecule has 2 rings (SSSR count). The van der Waals surface area contributed by atoms with Gasteiger partial charge in [-0.15, -0.1) is 11.3 Å². The fourth-order valence-electron chi connectivity index (χ4n) is 1.95. The van der Waals surface area contributed by atoms with Gasteiger partial charge in [-0.2, -0.15) is 5.10 Å². The van der Waals surface area contributed by atoms with Gasteiger partial charge in [0.05, 0.1) is 10.6 Å². The number of nitrogens with two attached hydrogens (primary N) is 1. The zero-order valence-corrected chi connectivity index (χ0v) is 12.4. The minimum absolute atomic E-state index is 0.0179. The zero-order valence-electron chi connectivity index (χ0n) is 11.6. The van der Waals surface area contributed by atoms with Gasteiger partial charge in [0.2, 0.25) is 0 Å². The maximum Gasteiger partial charge on any atom is 0.272 e. The summed E-state index contributed by atoms with van der Waals surface area (Å²) in [5, 5.41) is 11.9. The van der Waals surface area contributed by atoms with Crippen LogP contribution >= 0.6 is 11.3 Å². The molecule has 0 fully saturated rings. The summed E-state index contributed by atoms with van der Waals surface area (Å²) in [6.07, 6.45) is 3.06. The van der Waals surface area contributed by atoms with Gasteiger partial charge in [-0.25, -0.2) is 0 Å². The number of aromatic amines is 1. The molecule has 4 N–H and O–H groups in total. The molecule has 0 aliphatic rings. The fourth-order valence-corrected chi connectivity index (χ4v) is 2.65. The Kier molecular flexibility index (Phi) is 5.31. The summed E-state index contributed by atoms with van der Waals surface area (Å²) in [6, 6.07) is 5.75. The Balaban J connectivity index is 1.99. The highest BCUT2D eigenvalue weighted by molar-refractivity contribution is 7.13. The lowest BCUT2D eigenvalue weighted by Crippen LogP contribution is -2.40. The predicted octanol–water partition coefficient (Wildman–Crippen LogP) is 2.39. The number of aromatic nitrogens is 2. The van der Waals surface area contributed by atoms with Crippen molar-refractivity contribution >= 4 is 17.2 Å². The highest BCUT2D eigenvalue weighted by Crippen LogP contribution is 2.22. The SMILES string of the molecule is CCCCC(CN)NC(=O)c1cc(-c2cccs2)[nH]n1. The molecule has 20 heavy (non-hydrogen) atoms. The van der Waals surface area contributed by atoms with Crippen LogP contribution in [0.2, 0.25) is 0 Å². The molecule has 0 bridgehead atoms. The molecule has 2 aromatic rings. The van der Waals surface area contributed by atoms with Crippen LogP contribution in [0.4, 0.5) is 0 Å². The molecule has 0 aliphatic heterocycles. The molecule has 0 radical (unpaired) electrons. The van der Waals surface area contributed by atoms with Crippen molar-refractivity contribution in [3.63, 3.8) is 0 Å². The van der Waals surface area contributed by atoms with E-state index < -0.39 is 0 Å². The van der Waals surface area contributed by atoms with E-state index in [0.717, 1.165) is 29.8 Å². The first-order chi connectivity index (χ1) is 9.74. The summed E-state index contributed by atoms with van der Waals surface area (Å²) in [4.78, 5) is 13.2. The van der Waals surface area contributed by atoms with E-state index in [1.54, 1.807) is 17.4 Å². The molecule has 0 aliphatic carbocycles. The Bertz CT molecular complexity index is 535. The van der Waals surface area contributed by atoms with Crippen LogP contribution in [0.1, 0.15) is 36.7 Å². The first-order valence-electron chi connectivity index (χ1n) is 6.84. The van der Waals surface area contributed by atoms with E-state index in [2.05, 4.69) is 22.4 Å². The summed E-state index contributed by atoms with van der Waals surface area (Å²) < 4.78 is 0. The number of amides is 1. The van der Waals surface area contributed by atoms with Crippen LogP contribution < -0.4 is 11.1 Å². The third kappa shape index (κ3) is 3.68. The van der Waals surface area contributed by atoms with Gasteiger partial charge < -0.3 is 11.1 Å². The Morgan fingerprint density at radius 1 is 1.60 bits per heavy atom. The summed E-state index contributed by atoms with van der Waals surface area (Å²) in [7, 11) is 0. The number of unbranched alkanes of at least 4 members (excludes halogenated alkanes) is 1. The Morgan fingerprint density at radius 2 is 2.45 bits per heavy atom. The topological polar surface area (TPSA) is 83.8 Å². The quantitative estimate of drug-likeness (QED) is 0.732. The van der Waals surface area contributed by atoms with E-state index in [4.69, 9.17) is 5.73 Å². The lowest BCUT2D eigenvalue weighted by molar-refractivity contribution is 0.0930. The van der Waals surface area contributed by atoms with E-state index in [-0.39, 0.29) is 11.9 Å². The molecule has 0 saturated carbocycles. The Morgan fingerprint density at radius 3 is 3.10 bits per heavy atom. The molecule has 2 aromatic heterocycles. The predicted molar refractivity (Wildman–Crippen MR) is 81.7 cm³/mol. The number of carbonyl (C=O) groups excluding carboxylic acids is 1. The van der Waals surface area contributed by atoms with Gasteiger partial charge in [0.25, 0.3) is 5.91 Å². The maximum absolute atomic E-state index is 12.1. The van der Waals surface area contributed by atoms with Gasteiger partial charge >= 0.3 is 0 Å². The van der Waals surface area contributed by atoms with Crippen molar-refractivity contribution < 1.29 is 4.79 Å². The molecular weight excluding hydrogens is 272 g/mol. The van der Waals surface area contributed by atoms with E-state index in [0.29, 0.717) is 12.2 Å².